The summed E-state index contributed by atoms with van der Waals surface area (Å²) >= 11 is 0. The number of benzene rings is 1. The van der Waals surface area contributed by atoms with Crippen LogP contribution in [0.5, 0.6) is 5.75 Å². The first kappa shape index (κ1) is 18.2. The molecule has 1 saturated carbocycles. The second-order valence-electron chi connectivity index (χ2n) is 8.26. The first-order chi connectivity index (χ1) is 14.2. The summed E-state index contributed by atoms with van der Waals surface area (Å²) in [6.07, 6.45) is 8.45. The van der Waals surface area contributed by atoms with E-state index in [1.807, 2.05) is 6.07 Å². The zero-order valence-electron chi connectivity index (χ0n) is 16.8. The largest absolute Gasteiger partial charge is 0.497 e. The van der Waals surface area contributed by atoms with Crippen LogP contribution in [0.25, 0.3) is 0 Å². The fourth-order valence-corrected chi connectivity index (χ4v) is 4.57. The van der Waals surface area contributed by atoms with Crippen molar-refractivity contribution in [3.63, 3.8) is 0 Å². The molecule has 0 unspecified atom stereocenters. The van der Waals surface area contributed by atoms with Crippen LogP contribution in [-0.4, -0.2) is 55.2 Å². The van der Waals surface area contributed by atoms with Crippen LogP contribution in [-0.2, 0) is 11.2 Å². The molecular formula is C22H27N5O2. The Morgan fingerprint density at radius 1 is 1.28 bits per heavy atom. The predicted molar refractivity (Wildman–Crippen MR) is 111 cm³/mol. The lowest BCUT2D eigenvalue weighted by Gasteiger charge is -2.49. The van der Waals surface area contributed by atoms with E-state index in [4.69, 9.17) is 4.74 Å². The number of methoxy groups -OCH3 is 1. The Kier molecular flexibility index (Phi) is 4.73. The topological polar surface area (TPSA) is 70.6 Å². The van der Waals surface area contributed by atoms with Gasteiger partial charge in [-0.15, -0.1) is 0 Å². The van der Waals surface area contributed by atoms with Gasteiger partial charge < -0.3 is 19.9 Å². The monoisotopic (exact) mass is 393 g/mol. The number of rotatable bonds is 5. The number of ether oxygens (including phenoxy) is 1. The van der Waals surface area contributed by atoms with Crippen LogP contribution in [0.3, 0.4) is 0 Å². The lowest BCUT2D eigenvalue weighted by molar-refractivity contribution is -0.125. The fraction of sp³-hybridized carbons (Fsp3) is 0.500. The van der Waals surface area contributed by atoms with Gasteiger partial charge in [-0.05, 0) is 36.8 Å². The van der Waals surface area contributed by atoms with Crippen molar-refractivity contribution in [3.05, 3.63) is 42.4 Å². The second kappa shape index (κ2) is 7.54. The molecule has 2 fully saturated rings. The standard InChI is InChI=1S/C22H27N5O2/c1-29-17-5-4-16-10-18(22(28)25-12-15-2-3-15)20-14-26(21-13-23-6-7-24-21)8-9-27(20)19(16)11-17/h4-7,11,13,15,18,20H,2-3,8-10,12,14H2,1H3,(H,25,28)/t18-,20-/m0/s1. The van der Waals surface area contributed by atoms with Crippen molar-refractivity contribution in [2.45, 2.75) is 25.3 Å². The molecule has 1 saturated heterocycles. The number of hydrogen-bond donors (Lipinski definition) is 1. The number of fused-ring (bicyclic) bond motifs is 3. The Hall–Kier alpha value is -2.83. The van der Waals surface area contributed by atoms with Gasteiger partial charge in [-0.3, -0.25) is 9.78 Å². The first-order valence-electron chi connectivity index (χ1n) is 10.4. The molecule has 1 N–H and O–H groups in total. The molecule has 2 aliphatic heterocycles. The smallest absolute Gasteiger partial charge is 0.225 e. The lowest BCUT2D eigenvalue weighted by atomic mass is 9.83. The highest BCUT2D eigenvalue weighted by Crippen LogP contribution is 2.39. The zero-order chi connectivity index (χ0) is 19.8. The second-order valence-corrected chi connectivity index (χ2v) is 8.26. The number of amides is 1. The summed E-state index contributed by atoms with van der Waals surface area (Å²) in [5, 5.41) is 3.22. The van der Waals surface area contributed by atoms with Gasteiger partial charge in [0, 0.05) is 50.3 Å². The summed E-state index contributed by atoms with van der Waals surface area (Å²) in [7, 11) is 1.70. The quantitative estimate of drug-likeness (QED) is 0.836. The Morgan fingerprint density at radius 2 is 2.17 bits per heavy atom. The molecule has 1 aliphatic carbocycles. The Balaban J connectivity index is 1.44. The molecule has 152 valence electrons. The van der Waals surface area contributed by atoms with Crippen LogP contribution in [0.4, 0.5) is 11.5 Å². The summed E-state index contributed by atoms with van der Waals surface area (Å²) in [6, 6.07) is 6.32. The van der Waals surface area contributed by atoms with Crippen molar-refractivity contribution in [1.82, 2.24) is 15.3 Å². The highest BCUT2D eigenvalue weighted by molar-refractivity contribution is 5.82. The maximum atomic E-state index is 13.2. The van der Waals surface area contributed by atoms with E-state index in [1.54, 1.807) is 25.7 Å². The number of carbonyl (C=O) groups excluding carboxylic acids is 1. The maximum absolute atomic E-state index is 13.2. The molecule has 5 rings (SSSR count). The van der Waals surface area contributed by atoms with Crippen molar-refractivity contribution >= 4 is 17.4 Å². The van der Waals surface area contributed by atoms with Gasteiger partial charge in [0.1, 0.15) is 11.6 Å². The number of carbonyl (C=O) groups is 1. The third kappa shape index (κ3) is 3.61. The maximum Gasteiger partial charge on any atom is 0.225 e. The first-order valence-corrected chi connectivity index (χ1v) is 10.4. The van der Waals surface area contributed by atoms with Gasteiger partial charge in [-0.2, -0.15) is 0 Å². The van der Waals surface area contributed by atoms with Gasteiger partial charge in [0.05, 0.1) is 25.3 Å². The van der Waals surface area contributed by atoms with Gasteiger partial charge in [-0.25, -0.2) is 4.98 Å². The molecule has 3 aliphatic rings. The molecule has 0 radical (unpaired) electrons. The Labute approximate surface area is 171 Å². The van der Waals surface area contributed by atoms with Crippen LogP contribution in [0.15, 0.2) is 36.8 Å². The summed E-state index contributed by atoms with van der Waals surface area (Å²) < 4.78 is 5.46. The number of nitrogens with zero attached hydrogens (tertiary/aromatic N) is 4. The van der Waals surface area contributed by atoms with Gasteiger partial charge in [0.25, 0.3) is 0 Å². The van der Waals surface area contributed by atoms with E-state index < -0.39 is 0 Å². The van der Waals surface area contributed by atoms with E-state index in [0.717, 1.165) is 44.2 Å². The molecule has 1 amide bonds. The van der Waals surface area contributed by atoms with Crippen LogP contribution in [0, 0.1) is 11.8 Å². The molecule has 2 aromatic rings. The van der Waals surface area contributed by atoms with E-state index in [9.17, 15) is 4.79 Å². The predicted octanol–water partition coefficient (Wildman–Crippen LogP) is 1.88. The van der Waals surface area contributed by atoms with Crippen molar-refractivity contribution in [3.8, 4) is 5.75 Å². The summed E-state index contributed by atoms with van der Waals surface area (Å²) in [4.78, 5) is 26.5. The number of piperazine rings is 1. The van der Waals surface area contributed by atoms with Crippen LogP contribution in [0.2, 0.25) is 0 Å². The summed E-state index contributed by atoms with van der Waals surface area (Å²) in [6.45, 7) is 3.26. The SMILES string of the molecule is COc1ccc2c(c1)N1CCN(c3cnccn3)C[C@H]1[C@@H](C(=O)NCC1CC1)C2. The molecule has 1 aromatic heterocycles. The summed E-state index contributed by atoms with van der Waals surface area (Å²) in [5.74, 6) is 2.51. The molecule has 29 heavy (non-hydrogen) atoms. The fourth-order valence-electron chi connectivity index (χ4n) is 4.57. The molecule has 7 nitrogen and oxygen atoms in total. The van der Waals surface area contributed by atoms with Crippen molar-refractivity contribution in [2.24, 2.45) is 11.8 Å². The number of nitrogens with one attached hydrogen (secondary N) is 1. The molecule has 0 bridgehead atoms. The van der Waals surface area contributed by atoms with Crippen molar-refractivity contribution in [2.75, 3.05) is 43.1 Å². The molecule has 0 spiro atoms. The van der Waals surface area contributed by atoms with Crippen LogP contribution < -0.4 is 19.9 Å². The third-order valence-electron chi connectivity index (χ3n) is 6.40. The van der Waals surface area contributed by atoms with E-state index in [2.05, 4.69) is 37.2 Å². The molecule has 3 heterocycles. The van der Waals surface area contributed by atoms with Gasteiger partial charge in [-0.1, -0.05) is 6.07 Å². The Morgan fingerprint density at radius 3 is 2.93 bits per heavy atom. The summed E-state index contributed by atoms with van der Waals surface area (Å²) in [5.41, 5.74) is 2.42. The molecular weight excluding hydrogens is 366 g/mol. The van der Waals surface area contributed by atoms with Crippen LogP contribution >= 0.6 is 0 Å². The number of anilines is 2. The van der Waals surface area contributed by atoms with Crippen LogP contribution in [0.1, 0.15) is 18.4 Å². The van der Waals surface area contributed by atoms with E-state index in [-0.39, 0.29) is 17.9 Å². The molecule has 2 atom stereocenters. The number of hydrogen-bond acceptors (Lipinski definition) is 6. The number of aromatic nitrogens is 2. The average molecular weight is 393 g/mol. The van der Waals surface area contributed by atoms with Crippen molar-refractivity contribution < 1.29 is 9.53 Å². The van der Waals surface area contributed by atoms with Gasteiger partial charge >= 0.3 is 0 Å². The molecule has 1 aromatic carbocycles. The highest BCUT2D eigenvalue weighted by atomic mass is 16.5. The lowest BCUT2D eigenvalue weighted by Crippen LogP contribution is -2.61. The average Bonchev–Trinajstić information content (AvgIpc) is 3.61. The van der Waals surface area contributed by atoms with Gasteiger partial charge in [0.2, 0.25) is 5.91 Å². The Bertz CT molecular complexity index is 886. The minimum Gasteiger partial charge on any atom is -0.497 e. The van der Waals surface area contributed by atoms with E-state index in [1.165, 1.54) is 24.1 Å². The zero-order valence-corrected chi connectivity index (χ0v) is 16.8. The minimum absolute atomic E-state index is 0.0749. The minimum atomic E-state index is -0.0749. The van der Waals surface area contributed by atoms with E-state index in [0.29, 0.717) is 5.92 Å². The van der Waals surface area contributed by atoms with Crippen molar-refractivity contribution in [1.29, 1.82) is 0 Å². The third-order valence-corrected chi connectivity index (χ3v) is 6.40. The highest BCUT2D eigenvalue weighted by Gasteiger charge is 2.42. The normalized spacial score (nSPS) is 23.2. The molecule has 7 heteroatoms. The van der Waals surface area contributed by atoms with Gasteiger partial charge in [0.15, 0.2) is 0 Å². The van der Waals surface area contributed by atoms with E-state index >= 15 is 0 Å².